The molecule has 2 fully saturated rings. The summed E-state index contributed by atoms with van der Waals surface area (Å²) in [6.07, 6.45) is 8.56. The zero-order chi connectivity index (χ0) is 12.8. The Bertz CT molecular complexity index is 589. The minimum absolute atomic E-state index is 0.410. The van der Waals surface area contributed by atoms with Gasteiger partial charge >= 0.3 is 0 Å². The van der Waals surface area contributed by atoms with Gasteiger partial charge in [0.05, 0.1) is 11.6 Å². The van der Waals surface area contributed by atoms with Crippen LogP contribution in [0.25, 0.3) is 11.2 Å². The fourth-order valence-electron chi connectivity index (χ4n) is 3.87. The molecule has 4 heteroatoms. The molecule has 0 bridgehead atoms. The topological polar surface area (TPSA) is 42.7 Å². The molecule has 3 atom stereocenters. The van der Waals surface area contributed by atoms with Crippen molar-refractivity contribution in [1.82, 2.24) is 19.9 Å². The van der Waals surface area contributed by atoms with Gasteiger partial charge < -0.3 is 9.88 Å². The highest BCUT2D eigenvalue weighted by Gasteiger charge is 2.37. The van der Waals surface area contributed by atoms with Crippen LogP contribution in [0.1, 0.15) is 44.0 Å². The summed E-state index contributed by atoms with van der Waals surface area (Å²) in [6, 6.07) is 5.20. The Hall–Kier alpha value is -1.42. The van der Waals surface area contributed by atoms with Gasteiger partial charge in [-0.25, -0.2) is 9.97 Å². The van der Waals surface area contributed by atoms with Gasteiger partial charge in [0.1, 0.15) is 5.82 Å². The average Bonchev–Trinajstić information content (AvgIpc) is 3.00. The van der Waals surface area contributed by atoms with Gasteiger partial charge in [0.25, 0.3) is 0 Å². The molecule has 3 unspecified atom stereocenters. The van der Waals surface area contributed by atoms with Crippen molar-refractivity contribution < 1.29 is 0 Å². The Kier molecular flexibility index (Phi) is 2.58. The maximum absolute atomic E-state index is 4.74. The van der Waals surface area contributed by atoms with Crippen LogP contribution < -0.4 is 5.32 Å². The molecule has 100 valence electrons. The molecule has 1 aliphatic carbocycles. The Morgan fingerprint density at radius 1 is 1.32 bits per heavy atom. The first kappa shape index (κ1) is 11.4. The van der Waals surface area contributed by atoms with Crippen LogP contribution in [-0.4, -0.2) is 20.6 Å². The monoisotopic (exact) mass is 256 g/mol. The molecule has 1 saturated heterocycles. The quantitative estimate of drug-likeness (QED) is 0.852. The SMILES string of the molecule is Cn1c(C2CC3CCCCC3N2)nc2ncccc21. The summed E-state index contributed by atoms with van der Waals surface area (Å²) >= 11 is 0. The molecule has 1 aliphatic heterocycles. The molecule has 2 aromatic heterocycles. The Labute approximate surface area is 113 Å². The van der Waals surface area contributed by atoms with Crippen molar-refractivity contribution in [3.8, 4) is 0 Å². The van der Waals surface area contributed by atoms with E-state index >= 15 is 0 Å². The van der Waals surface area contributed by atoms with Gasteiger partial charge in [0, 0.05) is 19.3 Å². The van der Waals surface area contributed by atoms with Crippen molar-refractivity contribution in [3.63, 3.8) is 0 Å². The lowest BCUT2D eigenvalue weighted by Crippen LogP contribution is -2.31. The maximum atomic E-state index is 4.74. The van der Waals surface area contributed by atoms with Gasteiger partial charge in [-0.2, -0.15) is 0 Å². The molecule has 0 spiro atoms. The minimum Gasteiger partial charge on any atom is -0.328 e. The maximum Gasteiger partial charge on any atom is 0.177 e. The number of fused-ring (bicyclic) bond motifs is 2. The highest BCUT2D eigenvalue weighted by molar-refractivity contribution is 5.71. The molecule has 2 aromatic rings. The lowest BCUT2D eigenvalue weighted by atomic mass is 9.85. The molecule has 3 heterocycles. The number of imidazole rings is 1. The van der Waals surface area contributed by atoms with Crippen molar-refractivity contribution in [2.45, 2.75) is 44.2 Å². The van der Waals surface area contributed by atoms with Gasteiger partial charge in [-0.3, -0.25) is 0 Å². The molecular weight excluding hydrogens is 236 g/mol. The molecule has 4 rings (SSSR count). The molecule has 19 heavy (non-hydrogen) atoms. The second-order valence-corrected chi connectivity index (χ2v) is 5.98. The van der Waals surface area contributed by atoms with Crippen LogP contribution >= 0.6 is 0 Å². The van der Waals surface area contributed by atoms with Gasteiger partial charge in [0.2, 0.25) is 0 Å². The number of nitrogens with one attached hydrogen (secondary N) is 1. The van der Waals surface area contributed by atoms with E-state index in [1.165, 1.54) is 32.1 Å². The second kappa shape index (κ2) is 4.30. The summed E-state index contributed by atoms with van der Waals surface area (Å²) in [7, 11) is 2.11. The average molecular weight is 256 g/mol. The first-order valence-electron chi connectivity index (χ1n) is 7.36. The number of aromatic nitrogens is 3. The number of nitrogens with zero attached hydrogens (tertiary/aromatic N) is 3. The number of hydrogen-bond acceptors (Lipinski definition) is 3. The zero-order valence-corrected chi connectivity index (χ0v) is 11.3. The Morgan fingerprint density at radius 3 is 3.05 bits per heavy atom. The van der Waals surface area contributed by atoms with E-state index in [9.17, 15) is 0 Å². The van der Waals surface area contributed by atoms with Gasteiger partial charge in [-0.05, 0) is 37.3 Å². The van der Waals surface area contributed by atoms with Crippen molar-refractivity contribution in [1.29, 1.82) is 0 Å². The summed E-state index contributed by atoms with van der Waals surface area (Å²) in [4.78, 5) is 9.11. The van der Waals surface area contributed by atoms with E-state index in [4.69, 9.17) is 4.98 Å². The smallest absolute Gasteiger partial charge is 0.177 e. The molecule has 4 nitrogen and oxygen atoms in total. The molecule has 0 amide bonds. The standard InChI is InChI=1S/C15H20N4/c1-19-13-7-4-8-16-14(13)18-15(19)12-9-10-5-2-3-6-11(10)17-12/h4,7-8,10-12,17H,2-3,5-6,9H2,1H3. The molecule has 1 saturated carbocycles. The van der Waals surface area contributed by atoms with Crippen LogP contribution in [-0.2, 0) is 7.05 Å². The van der Waals surface area contributed by atoms with E-state index in [-0.39, 0.29) is 0 Å². The Balaban J connectivity index is 1.69. The van der Waals surface area contributed by atoms with Crippen LogP contribution in [0, 0.1) is 5.92 Å². The fourth-order valence-corrected chi connectivity index (χ4v) is 3.87. The van der Waals surface area contributed by atoms with Gasteiger partial charge in [-0.15, -0.1) is 0 Å². The lowest BCUT2D eigenvalue weighted by molar-refractivity contribution is 0.325. The van der Waals surface area contributed by atoms with E-state index in [0.717, 1.165) is 22.9 Å². The first-order valence-corrected chi connectivity index (χ1v) is 7.36. The number of hydrogen-bond donors (Lipinski definition) is 1. The van der Waals surface area contributed by atoms with E-state index in [0.29, 0.717) is 12.1 Å². The molecular formula is C15H20N4. The van der Waals surface area contributed by atoms with Crippen molar-refractivity contribution in [2.24, 2.45) is 13.0 Å². The second-order valence-electron chi connectivity index (χ2n) is 5.98. The third-order valence-corrected chi connectivity index (χ3v) is 4.87. The summed E-state index contributed by atoms with van der Waals surface area (Å²) in [5, 5.41) is 3.80. The van der Waals surface area contributed by atoms with Crippen LogP contribution in [0.15, 0.2) is 18.3 Å². The van der Waals surface area contributed by atoms with Crippen LogP contribution in [0.4, 0.5) is 0 Å². The number of pyridine rings is 1. The van der Waals surface area contributed by atoms with E-state index in [1.54, 1.807) is 0 Å². The van der Waals surface area contributed by atoms with Gasteiger partial charge in [-0.1, -0.05) is 12.8 Å². The highest BCUT2D eigenvalue weighted by atomic mass is 15.2. The fraction of sp³-hybridized carbons (Fsp3) is 0.600. The normalized spacial score (nSPS) is 30.7. The van der Waals surface area contributed by atoms with E-state index < -0.39 is 0 Å². The van der Waals surface area contributed by atoms with Crippen molar-refractivity contribution in [2.75, 3.05) is 0 Å². The summed E-state index contributed by atoms with van der Waals surface area (Å²) < 4.78 is 2.21. The van der Waals surface area contributed by atoms with Crippen LogP contribution in [0.2, 0.25) is 0 Å². The first-order chi connectivity index (χ1) is 9.33. The number of aryl methyl sites for hydroxylation is 1. The lowest BCUT2D eigenvalue weighted by Gasteiger charge is -2.24. The minimum atomic E-state index is 0.410. The molecule has 2 aliphatic rings. The van der Waals surface area contributed by atoms with Crippen molar-refractivity contribution in [3.05, 3.63) is 24.2 Å². The third-order valence-electron chi connectivity index (χ3n) is 4.87. The van der Waals surface area contributed by atoms with E-state index in [2.05, 4.69) is 28.0 Å². The number of rotatable bonds is 1. The summed E-state index contributed by atoms with van der Waals surface area (Å²) in [5.74, 6) is 2.01. The third kappa shape index (κ3) is 1.77. The summed E-state index contributed by atoms with van der Waals surface area (Å²) in [6.45, 7) is 0. The largest absolute Gasteiger partial charge is 0.328 e. The predicted molar refractivity (Wildman–Crippen MR) is 74.7 cm³/mol. The zero-order valence-electron chi connectivity index (χ0n) is 11.3. The highest BCUT2D eigenvalue weighted by Crippen LogP contribution is 2.39. The van der Waals surface area contributed by atoms with Crippen LogP contribution in [0.3, 0.4) is 0 Å². The Morgan fingerprint density at radius 2 is 2.21 bits per heavy atom. The molecule has 0 aromatic carbocycles. The molecule has 1 N–H and O–H groups in total. The van der Waals surface area contributed by atoms with Gasteiger partial charge in [0.15, 0.2) is 5.65 Å². The van der Waals surface area contributed by atoms with Crippen LogP contribution in [0.5, 0.6) is 0 Å². The predicted octanol–water partition coefficient (Wildman–Crippen LogP) is 2.56. The molecule has 0 radical (unpaired) electrons. The van der Waals surface area contributed by atoms with E-state index in [1.807, 2.05) is 12.3 Å². The summed E-state index contributed by atoms with van der Waals surface area (Å²) in [5.41, 5.74) is 2.01. The van der Waals surface area contributed by atoms with Crippen molar-refractivity contribution >= 4 is 11.2 Å².